The van der Waals surface area contributed by atoms with Crippen LogP contribution in [0.2, 0.25) is 0 Å². The fourth-order valence-corrected chi connectivity index (χ4v) is 3.51. The number of carbonyl (C=O) groups excluding carboxylic acids is 1. The van der Waals surface area contributed by atoms with Crippen molar-refractivity contribution in [2.24, 2.45) is 0 Å². The first-order chi connectivity index (χ1) is 12.1. The maximum absolute atomic E-state index is 12.5. The molecule has 1 aliphatic heterocycles. The molecule has 128 valence electrons. The van der Waals surface area contributed by atoms with Gasteiger partial charge in [0.15, 0.2) is 11.5 Å². The van der Waals surface area contributed by atoms with Crippen LogP contribution in [0.4, 0.5) is 4.79 Å². The Morgan fingerprint density at radius 2 is 2.08 bits per heavy atom. The molecule has 0 bridgehead atoms. The summed E-state index contributed by atoms with van der Waals surface area (Å²) in [6, 6.07) is 8.10. The molecular weight excluding hydrogens is 342 g/mol. The monoisotopic (exact) mass is 357 g/mol. The van der Waals surface area contributed by atoms with E-state index in [1.807, 2.05) is 25.1 Å². The zero-order chi connectivity index (χ0) is 17.4. The van der Waals surface area contributed by atoms with Crippen molar-refractivity contribution in [1.29, 1.82) is 0 Å². The van der Waals surface area contributed by atoms with Crippen molar-refractivity contribution < 1.29 is 14.3 Å². The van der Waals surface area contributed by atoms with Gasteiger partial charge in [-0.15, -0.1) is 0 Å². The smallest absolute Gasteiger partial charge is 0.338 e. The van der Waals surface area contributed by atoms with Crippen LogP contribution >= 0.6 is 11.5 Å². The Kier molecular flexibility index (Phi) is 3.89. The van der Waals surface area contributed by atoms with E-state index in [0.717, 1.165) is 21.1 Å². The Morgan fingerprint density at radius 1 is 1.28 bits per heavy atom. The lowest BCUT2D eigenvalue weighted by atomic mass is 10.1. The second-order valence-electron chi connectivity index (χ2n) is 5.62. The third kappa shape index (κ3) is 2.85. The lowest BCUT2D eigenvalue weighted by Gasteiger charge is -2.21. The number of nitrogens with one attached hydrogen (secondary N) is 1. The number of hydrogen-bond acceptors (Lipinski definition) is 6. The van der Waals surface area contributed by atoms with Crippen molar-refractivity contribution in [1.82, 2.24) is 14.3 Å². The Hall–Kier alpha value is -2.87. The highest BCUT2D eigenvalue weighted by Gasteiger charge is 2.19. The average Bonchev–Trinajstić information content (AvgIpc) is 2.98. The summed E-state index contributed by atoms with van der Waals surface area (Å²) >= 11 is 1.03. The molecule has 7 nitrogen and oxygen atoms in total. The first-order valence-electron chi connectivity index (χ1n) is 7.81. The third-order valence-electron chi connectivity index (χ3n) is 3.95. The quantitative estimate of drug-likeness (QED) is 0.762. The first kappa shape index (κ1) is 15.6. The summed E-state index contributed by atoms with van der Waals surface area (Å²) in [5.41, 5.74) is 0.504. The third-order valence-corrected chi connectivity index (χ3v) is 4.97. The molecule has 0 fully saturated rings. The molecule has 0 saturated heterocycles. The number of ether oxygens (including phenoxy) is 2. The Balaban J connectivity index is 1.57. The molecule has 3 heterocycles. The van der Waals surface area contributed by atoms with E-state index in [1.54, 1.807) is 18.3 Å². The van der Waals surface area contributed by atoms with Gasteiger partial charge in [-0.2, -0.15) is 3.96 Å². The molecule has 0 spiro atoms. The van der Waals surface area contributed by atoms with Gasteiger partial charge >= 0.3 is 6.03 Å². The zero-order valence-electron chi connectivity index (χ0n) is 13.4. The SMILES string of the molecule is CC(NC(=O)n1sc2ncccc2c1=O)c1ccc2c(c1)OCCO2. The van der Waals surface area contributed by atoms with Crippen molar-refractivity contribution in [3.8, 4) is 11.5 Å². The van der Waals surface area contributed by atoms with E-state index in [0.29, 0.717) is 34.9 Å². The van der Waals surface area contributed by atoms with Crippen LogP contribution in [0.1, 0.15) is 18.5 Å². The minimum atomic E-state index is -0.476. The topological polar surface area (TPSA) is 82.5 Å². The number of hydrogen-bond donors (Lipinski definition) is 1. The number of nitrogens with zero attached hydrogens (tertiary/aromatic N) is 2. The summed E-state index contributed by atoms with van der Waals surface area (Å²) in [5, 5.41) is 3.27. The molecule has 25 heavy (non-hydrogen) atoms. The van der Waals surface area contributed by atoms with Crippen molar-refractivity contribution >= 4 is 27.8 Å². The van der Waals surface area contributed by atoms with Crippen LogP contribution in [0.5, 0.6) is 11.5 Å². The van der Waals surface area contributed by atoms with Crippen molar-refractivity contribution in [2.45, 2.75) is 13.0 Å². The molecule has 1 amide bonds. The normalized spacial score (nSPS) is 14.3. The second kappa shape index (κ2) is 6.21. The van der Waals surface area contributed by atoms with Gasteiger partial charge in [-0.05, 0) is 48.3 Å². The predicted octanol–water partition coefficient (Wildman–Crippen LogP) is 2.55. The van der Waals surface area contributed by atoms with Crippen LogP contribution in [-0.2, 0) is 0 Å². The van der Waals surface area contributed by atoms with E-state index in [1.165, 1.54) is 0 Å². The molecule has 1 aliphatic rings. The summed E-state index contributed by atoms with van der Waals surface area (Å²) in [4.78, 5) is 29.5. The van der Waals surface area contributed by atoms with Crippen LogP contribution in [-0.4, -0.2) is 28.2 Å². The minimum absolute atomic E-state index is 0.298. The van der Waals surface area contributed by atoms with Crippen molar-refractivity contribution in [3.05, 3.63) is 52.4 Å². The van der Waals surface area contributed by atoms with Crippen LogP contribution in [0.15, 0.2) is 41.3 Å². The van der Waals surface area contributed by atoms with Gasteiger partial charge in [0.1, 0.15) is 18.0 Å². The molecule has 0 radical (unpaired) electrons. The van der Waals surface area contributed by atoms with Crippen molar-refractivity contribution in [3.63, 3.8) is 0 Å². The largest absolute Gasteiger partial charge is 0.486 e. The van der Waals surface area contributed by atoms with Gasteiger partial charge in [0.25, 0.3) is 5.56 Å². The van der Waals surface area contributed by atoms with Crippen LogP contribution in [0.3, 0.4) is 0 Å². The molecular formula is C17H15N3O4S. The van der Waals surface area contributed by atoms with E-state index < -0.39 is 6.03 Å². The number of fused-ring (bicyclic) bond motifs is 2. The minimum Gasteiger partial charge on any atom is -0.486 e. The molecule has 4 rings (SSSR count). The molecule has 1 aromatic carbocycles. The Labute approximate surface area is 147 Å². The lowest BCUT2D eigenvalue weighted by Crippen LogP contribution is -2.34. The summed E-state index contributed by atoms with van der Waals surface area (Å²) in [6.07, 6.45) is 1.60. The van der Waals surface area contributed by atoms with Gasteiger partial charge in [0, 0.05) is 6.20 Å². The fourth-order valence-electron chi connectivity index (χ4n) is 2.65. The maximum Gasteiger partial charge on any atom is 0.338 e. The lowest BCUT2D eigenvalue weighted by molar-refractivity contribution is 0.171. The van der Waals surface area contributed by atoms with Crippen molar-refractivity contribution in [2.75, 3.05) is 13.2 Å². The summed E-state index contributed by atoms with van der Waals surface area (Å²) in [7, 11) is 0. The van der Waals surface area contributed by atoms with Crippen LogP contribution < -0.4 is 20.3 Å². The Morgan fingerprint density at radius 3 is 2.88 bits per heavy atom. The van der Waals surface area contributed by atoms with Crippen LogP contribution in [0, 0.1) is 0 Å². The number of aromatic nitrogens is 2. The van der Waals surface area contributed by atoms with E-state index in [9.17, 15) is 9.59 Å². The standard InChI is InChI=1S/C17H15N3O4S/c1-10(11-4-5-13-14(9-11)24-8-7-23-13)19-17(22)20-16(21)12-3-2-6-18-15(12)25-20/h2-6,9-10H,7-8H2,1H3,(H,19,22). The summed E-state index contributed by atoms with van der Waals surface area (Å²) < 4.78 is 12.1. The Bertz CT molecular complexity index is 1010. The highest BCUT2D eigenvalue weighted by Crippen LogP contribution is 2.32. The molecule has 3 aromatic rings. The molecule has 0 saturated carbocycles. The number of benzene rings is 1. The average molecular weight is 357 g/mol. The number of rotatable bonds is 2. The highest BCUT2D eigenvalue weighted by atomic mass is 32.1. The fraction of sp³-hybridized carbons (Fsp3) is 0.235. The molecule has 0 aliphatic carbocycles. The van der Waals surface area contributed by atoms with Crippen LogP contribution in [0.25, 0.3) is 10.2 Å². The number of carbonyl (C=O) groups is 1. The predicted molar refractivity (Wildman–Crippen MR) is 93.7 cm³/mol. The van der Waals surface area contributed by atoms with Gasteiger partial charge in [-0.25, -0.2) is 9.78 Å². The van der Waals surface area contributed by atoms with Gasteiger partial charge in [-0.3, -0.25) is 4.79 Å². The maximum atomic E-state index is 12.5. The van der Waals surface area contributed by atoms with E-state index in [4.69, 9.17) is 9.47 Å². The van der Waals surface area contributed by atoms with Gasteiger partial charge in [0.05, 0.1) is 11.4 Å². The molecule has 1 atom stereocenters. The van der Waals surface area contributed by atoms with E-state index >= 15 is 0 Å². The molecule has 8 heteroatoms. The molecule has 1 unspecified atom stereocenters. The van der Waals surface area contributed by atoms with Gasteiger partial charge in [0.2, 0.25) is 0 Å². The summed E-state index contributed by atoms with van der Waals surface area (Å²) in [5.74, 6) is 1.36. The van der Waals surface area contributed by atoms with E-state index in [2.05, 4.69) is 10.3 Å². The number of pyridine rings is 1. The molecule has 2 aromatic heterocycles. The highest BCUT2D eigenvalue weighted by molar-refractivity contribution is 7.14. The summed E-state index contributed by atoms with van der Waals surface area (Å²) in [6.45, 7) is 2.88. The zero-order valence-corrected chi connectivity index (χ0v) is 14.2. The first-order valence-corrected chi connectivity index (χ1v) is 8.58. The second-order valence-corrected chi connectivity index (χ2v) is 6.56. The van der Waals surface area contributed by atoms with E-state index in [-0.39, 0.29) is 11.6 Å². The van der Waals surface area contributed by atoms with Gasteiger partial charge < -0.3 is 14.8 Å². The number of amides is 1. The van der Waals surface area contributed by atoms with Gasteiger partial charge in [-0.1, -0.05) is 6.07 Å². The molecule has 1 N–H and O–H groups in total.